The van der Waals surface area contributed by atoms with Crippen LogP contribution < -0.4 is 5.32 Å². The van der Waals surface area contributed by atoms with Crippen LogP contribution in [0.5, 0.6) is 0 Å². The van der Waals surface area contributed by atoms with Crippen LogP contribution in [0.2, 0.25) is 0 Å². The number of nitro groups is 1. The van der Waals surface area contributed by atoms with Crippen LogP contribution >= 0.6 is 0 Å². The number of aromatic carboxylic acids is 1. The zero-order valence-electron chi connectivity index (χ0n) is 10.7. The average molecular weight is 268 g/mol. The van der Waals surface area contributed by atoms with E-state index in [0.29, 0.717) is 0 Å². The summed E-state index contributed by atoms with van der Waals surface area (Å²) in [7, 11) is 0. The quantitative estimate of drug-likeness (QED) is 0.535. The molecule has 0 spiro atoms. The molecular weight excluding hydrogens is 252 g/mol. The minimum absolute atomic E-state index is 0.0729. The summed E-state index contributed by atoms with van der Waals surface area (Å²) in [6.07, 6.45) is 0. The summed E-state index contributed by atoms with van der Waals surface area (Å²) in [6, 6.07) is 3.28. The van der Waals surface area contributed by atoms with Crippen LogP contribution in [-0.2, 0) is 0 Å². The number of nitrogens with zero attached hydrogens (tertiary/aromatic N) is 1. The van der Waals surface area contributed by atoms with E-state index >= 15 is 0 Å². The number of carbonyl (C=O) groups is 1. The molecule has 0 unspecified atom stereocenters. The fourth-order valence-corrected chi connectivity index (χ4v) is 1.56. The van der Waals surface area contributed by atoms with Gasteiger partial charge in [-0.1, -0.05) is 13.8 Å². The third kappa shape index (κ3) is 3.65. The Hall–Kier alpha value is -2.15. The van der Waals surface area contributed by atoms with Gasteiger partial charge >= 0.3 is 5.97 Å². The van der Waals surface area contributed by atoms with Crippen molar-refractivity contribution in [2.45, 2.75) is 19.9 Å². The van der Waals surface area contributed by atoms with E-state index in [1.54, 1.807) is 0 Å². The first-order valence-electron chi connectivity index (χ1n) is 5.76. The fourth-order valence-electron chi connectivity index (χ4n) is 1.56. The number of anilines is 1. The van der Waals surface area contributed by atoms with Crippen molar-refractivity contribution in [3.8, 4) is 0 Å². The average Bonchev–Trinajstić information content (AvgIpc) is 2.35. The standard InChI is InChI=1S/C12H16N2O5/c1-7(2)10(6-15)13-9-4-3-8(12(16)17)5-11(9)14(18)19/h3-5,7,10,13,15H,6H2,1-2H3,(H,16,17)/t10-/m1/s1. The van der Waals surface area contributed by atoms with E-state index in [0.717, 1.165) is 6.07 Å². The van der Waals surface area contributed by atoms with E-state index in [2.05, 4.69) is 5.32 Å². The Bertz CT molecular complexity index is 487. The fraction of sp³-hybridized carbons (Fsp3) is 0.417. The molecule has 0 radical (unpaired) electrons. The van der Waals surface area contributed by atoms with Crippen molar-refractivity contribution in [3.63, 3.8) is 0 Å². The van der Waals surface area contributed by atoms with E-state index in [4.69, 9.17) is 5.11 Å². The molecule has 1 aromatic carbocycles. The highest BCUT2D eigenvalue weighted by Gasteiger charge is 2.20. The number of aliphatic hydroxyl groups excluding tert-OH is 1. The molecule has 7 nitrogen and oxygen atoms in total. The minimum atomic E-state index is -1.22. The van der Waals surface area contributed by atoms with Gasteiger partial charge in [0.2, 0.25) is 0 Å². The summed E-state index contributed by atoms with van der Waals surface area (Å²) in [4.78, 5) is 21.1. The van der Waals surface area contributed by atoms with Gasteiger partial charge in [0.1, 0.15) is 5.69 Å². The Labute approximate surface area is 110 Å². The second-order valence-electron chi connectivity index (χ2n) is 4.47. The van der Waals surface area contributed by atoms with Crippen LogP contribution in [0.4, 0.5) is 11.4 Å². The molecule has 1 atom stereocenters. The van der Waals surface area contributed by atoms with Gasteiger partial charge < -0.3 is 15.5 Å². The van der Waals surface area contributed by atoms with Crippen molar-refractivity contribution in [1.29, 1.82) is 0 Å². The molecule has 19 heavy (non-hydrogen) atoms. The zero-order valence-corrected chi connectivity index (χ0v) is 10.7. The number of nitro benzene ring substituents is 1. The van der Waals surface area contributed by atoms with Gasteiger partial charge in [-0.15, -0.1) is 0 Å². The van der Waals surface area contributed by atoms with E-state index in [1.165, 1.54) is 12.1 Å². The Morgan fingerprint density at radius 2 is 2.11 bits per heavy atom. The van der Waals surface area contributed by atoms with Crippen molar-refractivity contribution >= 4 is 17.3 Å². The molecule has 0 saturated carbocycles. The van der Waals surface area contributed by atoms with Gasteiger partial charge in [-0.3, -0.25) is 10.1 Å². The molecule has 0 fully saturated rings. The highest BCUT2D eigenvalue weighted by Crippen LogP contribution is 2.27. The summed E-state index contributed by atoms with van der Waals surface area (Å²) < 4.78 is 0. The van der Waals surface area contributed by atoms with Gasteiger partial charge in [0, 0.05) is 6.07 Å². The van der Waals surface area contributed by atoms with Crippen LogP contribution in [0, 0.1) is 16.0 Å². The Kier molecular flexibility index (Phi) is 4.82. The lowest BCUT2D eigenvalue weighted by Gasteiger charge is -2.21. The maximum Gasteiger partial charge on any atom is 0.335 e. The topological polar surface area (TPSA) is 113 Å². The molecule has 0 bridgehead atoms. The summed E-state index contributed by atoms with van der Waals surface area (Å²) in [5.41, 5.74) is -0.274. The van der Waals surface area contributed by atoms with Crippen molar-refractivity contribution in [2.75, 3.05) is 11.9 Å². The maximum atomic E-state index is 10.9. The van der Waals surface area contributed by atoms with Crippen LogP contribution in [0.1, 0.15) is 24.2 Å². The van der Waals surface area contributed by atoms with Crippen molar-refractivity contribution in [3.05, 3.63) is 33.9 Å². The zero-order chi connectivity index (χ0) is 14.6. The van der Waals surface area contributed by atoms with Gasteiger partial charge in [-0.2, -0.15) is 0 Å². The normalized spacial score (nSPS) is 12.2. The first kappa shape index (κ1) is 14.9. The van der Waals surface area contributed by atoms with Crippen molar-refractivity contribution < 1.29 is 19.9 Å². The molecule has 0 heterocycles. The van der Waals surface area contributed by atoms with Gasteiger partial charge in [-0.25, -0.2) is 4.79 Å². The van der Waals surface area contributed by atoms with E-state index in [-0.39, 0.29) is 35.5 Å². The number of hydrogen-bond acceptors (Lipinski definition) is 5. The second-order valence-corrected chi connectivity index (χ2v) is 4.47. The van der Waals surface area contributed by atoms with Gasteiger partial charge in [-0.05, 0) is 18.1 Å². The molecule has 1 aromatic rings. The molecule has 0 aliphatic heterocycles. The Morgan fingerprint density at radius 1 is 1.47 bits per heavy atom. The lowest BCUT2D eigenvalue weighted by atomic mass is 10.0. The lowest BCUT2D eigenvalue weighted by Crippen LogP contribution is -2.29. The van der Waals surface area contributed by atoms with Crippen LogP contribution in [0.15, 0.2) is 18.2 Å². The smallest absolute Gasteiger partial charge is 0.335 e. The summed E-state index contributed by atoms with van der Waals surface area (Å²) in [5.74, 6) is -1.15. The summed E-state index contributed by atoms with van der Waals surface area (Å²) in [5, 5.41) is 31.8. The number of benzene rings is 1. The Balaban J connectivity index is 3.13. The lowest BCUT2D eigenvalue weighted by molar-refractivity contribution is -0.384. The summed E-state index contributed by atoms with van der Waals surface area (Å²) >= 11 is 0. The van der Waals surface area contributed by atoms with E-state index in [1.807, 2.05) is 13.8 Å². The number of carboxylic acid groups (broad SMARTS) is 1. The second kappa shape index (κ2) is 6.14. The predicted octanol–water partition coefficient (Wildman–Crippen LogP) is 1.72. The molecule has 104 valence electrons. The number of carboxylic acids is 1. The summed E-state index contributed by atoms with van der Waals surface area (Å²) in [6.45, 7) is 3.56. The Morgan fingerprint density at radius 3 is 2.53 bits per heavy atom. The molecule has 0 amide bonds. The highest BCUT2D eigenvalue weighted by molar-refractivity contribution is 5.89. The maximum absolute atomic E-state index is 10.9. The van der Waals surface area contributed by atoms with Gasteiger partial charge in [0.15, 0.2) is 0 Å². The number of rotatable bonds is 6. The highest BCUT2D eigenvalue weighted by atomic mass is 16.6. The molecule has 0 aliphatic carbocycles. The number of nitrogens with one attached hydrogen (secondary N) is 1. The molecular formula is C12H16N2O5. The van der Waals surface area contributed by atoms with Crippen molar-refractivity contribution in [1.82, 2.24) is 0 Å². The van der Waals surface area contributed by atoms with Crippen LogP contribution in [0.3, 0.4) is 0 Å². The number of hydrogen-bond donors (Lipinski definition) is 3. The molecule has 0 aliphatic rings. The molecule has 3 N–H and O–H groups in total. The van der Waals surface area contributed by atoms with Crippen molar-refractivity contribution in [2.24, 2.45) is 5.92 Å². The molecule has 0 aromatic heterocycles. The third-order valence-corrected chi connectivity index (χ3v) is 2.78. The first-order valence-corrected chi connectivity index (χ1v) is 5.76. The van der Waals surface area contributed by atoms with Crippen LogP contribution in [0.25, 0.3) is 0 Å². The van der Waals surface area contributed by atoms with E-state index in [9.17, 15) is 20.0 Å². The van der Waals surface area contributed by atoms with Gasteiger partial charge in [0.25, 0.3) is 5.69 Å². The predicted molar refractivity (Wildman–Crippen MR) is 69.4 cm³/mol. The molecule has 1 rings (SSSR count). The number of aliphatic hydroxyl groups is 1. The first-order chi connectivity index (χ1) is 8.86. The van der Waals surface area contributed by atoms with Gasteiger partial charge in [0.05, 0.1) is 23.1 Å². The van der Waals surface area contributed by atoms with E-state index < -0.39 is 10.9 Å². The SMILES string of the molecule is CC(C)[C@@H](CO)Nc1ccc(C(=O)O)cc1[N+](=O)[O-]. The third-order valence-electron chi connectivity index (χ3n) is 2.78. The molecule has 0 saturated heterocycles. The molecule has 7 heteroatoms. The van der Waals surface area contributed by atoms with Crippen LogP contribution in [-0.4, -0.2) is 33.8 Å². The largest absolute Gasteiger partial charge is 0.478 e. The minimum Gasteiger partial charge on any atom is -0.478 e. The monoisotopic (exact) mass is 268 g/mol.